The van der Waals surface area contributed by atoms with Gasteiger partial charge >= 0.3 is 0 Å². The zero-order valence-electron chi connectivity index (χ0n) is 20.9. The Balaban J connectivity index is 1.76. The Bertz CT molecular complexity index is 1470. The summed E-state index contributed by atoms with van der Waals surface area (Å²) in [4.78, 5) is 31.4. The predicted octanol–water partition coefficient (Wildman–Crippen LogP) is 5.44. The van der Waals surface area contributed by atoms with Gasteiger partial charge in [0.15, 0.2) is 5.89 Å². The highest BCUT2D eigenvalue weighted by molar-refractivity contribution is 6.32. The number of rotatable bonds is 5. The normalized spacial score (nSPS) is 11.7. The SMILES string of the molecule is Cc1nc(COc2cc(C)n(-c3cc(-c4nc(C(C)(C)C)ncc4C)ncc3Cl)c(=O)c2C)co1. The molecule has 4 aromatic heterocycles. The predicted molar refractivity (Wildman–Crippen MR) is 134 cm³/mol. The van der Waals surface area contributed by atoms with Crippen LogP contribution in [0.4, 0.5) is 0 Å². The number of hydrogen-bond acceptors (Lipinski definition) is 7. The highest BCUT2D eigenvalue weighted by Crippen LogP contribution is 2.29. The molecule has 0 amide bonds. The zero-order valence-corrected chi connectivity index (χ0v) is 21.7. The molecule has 182 valence electrons. The number of hydrogen-bond donors (Lipinski definition) is 0. The standard InChI is InChI=1S/C26H28ClN5O3/c1-14-10-29-25(26(5,6)7)31-23(14)20-9-21(19(27)11-28-20)32-15(2)8-22(16(3)24(32)33)35-13-18-12-34-17(4)30-18/h8-12H,13H2,1-7H3. The maximum atomic E-state index is 13.4. The fraction of sp³-hybridized carbons (Fsp3) is 0.346. The Morgan fingerprint density at radius 3 is 2.46 bits per heavy atom. The molecule has 0 atom stereocenters. The molecule has 8 nitrogen and oxygen atoms in total. The Morgan fingerprint density at radius 1 is 1.06 bits per heavy atom. The van der Waals surface area contributed by atoms with Crippen LogP contribution < -0.4 is 10.3 Å². The Labute approximate surface area is 209 Å². The summed E-state index contributed by atoms with van der Waals surface area (Å²) in [7, 11) is 0. The number of halogens is 1. The van der Waals surface area contributed by atoms with E-state index in [-0.39, 0.29) is 17.6 Å². The monoisotopic (exact) mass is 493 g/mol. The molecule has 9 heteroatoms. The first-order chi connectivity index (χ1) is 16.5. The molecule has 0 aliphatic rings. The van der Waals surface area contributed by atoms with Gasteiger partial charge < -0.3 is 9.15 Å². The second-order valence-corrected chi connectivity index (χ2v) is 9.97. The number of ether oxygens (including phenoxy) is 1. The first-order valence-corrected chi connectivity index (χ1v) is 11.6. The summed E-state index contributed by atoms with van der Waals surface area (Å²) in [6.45, 7) is 13.6. The van der Waals surface area contributed by atoms with E-state index in [1.165, 1.54) is 6.26 Å². The summed E-state index contributed by atoms with van der Waals surface area (Å²) < 4.78 is 12.7. The van der Waals surface area contributed by atoms with Gasteiger partial charge in [-0.15, -0.1) is 0 Å². The van der Waals surface area contributed by atoms with E-state index in [4.69, 9.17) is 25.7 Å². The minimum Gasteiger partial charge on any atom is -0.487 e. The minimum absolute atomic E-state index is 0.199. The molecule has 0 aliphatic heterocycles. The van der Waals surface area contributed by atoms with E-state index in [1.807, 2.05) is 19.9 Å². The van der Waals surface area contributed by atoms with Gasteiger partial charge in [-0.2, -0.15) is 0 Å². The van der Waals surface area contributed by atoms with Crippen molar-refractivity contribution in [2.45, 2.75) is 60.5 Å². The van der Waals surface area contributed by atoms with E-state index in [9.17, 15) is 4.79 Å². The van der Waals surface area contributed by atoms with Crippen LogP contribution in [0, 0.1) is 27.7 Å². The van der Waals surface area contributed by atoms with Gasteiger partial charge in [0, 0.05) is 36.5 Å². The van der Waals surface area contributed by atoms with Gasteiger partial charge in [-0.05, 0) is 32.4 Å². The van der Waals surface area contributed by atoms with Crippen molar-refractivity contribution in [3.63, 3.8) is 0 Å². The van der Waals surface area contributed by atoms with Crippen molar-refractivity contribution in [3.8, 4) is 22.8 Å². The van der Waals surface area contributed by atoms with Crippen LogP contribution in [0.5, 0.6) is 5.75 Å². The molecular weight excluding hydrogens is 466 g/mol. The Hall–Kier alpha value is -3.52. The molecule has 0 spiro atoms. The second-order valence-electron chi connectivity index (χ2n) is 9.56. The van der Waals surface area contributed by atoms with Crippen LogP contribution in [0.2, 0.25) is 5.02 Å². The van der Waals surface area contributed by atoms with Crippen molar-refractivity contribution >= 4 is 11.6 Å². The van der Waals surface area contributed by atoms with Crippen LogP contribution in [-0.2, 0) is 12.0 Å². The average Bonchev–Trinajstić information content (AvgIpc) is 3.21. The van der Waals surface area contributed by atoms with Crippen LogP contribution >= 0.6 is 11.6 Å². The third-order valence-electron chi connectivity index (χ3n) is 5.59. The van der Waals surface area contributed by atoms with Crippen molar-refractivity contribution in [3.05, 3.63) is 80.4 Å². The van der Waals surface area contributed by atoms with Crippen molar-refractivity contribution in [2.75, 3.05) is 0 Å². The molecule has 0 unspecified atom stereocenters. The van der Waals surface area contributed by atoms with E-state index in [0.717, 1.165) is 5.56 Å². The molecule has 0 fully saturated rings. The summed E-state index contributed by atoms with van der Waals surface area (Å²) in [5.74, 6) is 1.75. The lowest BCUT2D eigenvalue weighted by Crippen LogP contribution is -2.24. The number of aryl methyl sites for hydroxylation is 3. The fourth-order valence-corrected chi connectivity index (χ4v) is 3.85. The lowest BCUT2D eigenvalue weighted by Gasteiger charge is -2.19. The van der Waals surface area contributed by atoms with E-state index in [1.54, 1.807) is 36.9 Å². The molecule has 0 aliphatic carbocycles. The molecule has 0 saturated carbocycles. The van der Waals surface area contributed by atoms with E-state index in [2.05, 4.69) is 35.7 Å². The van der Waals surface area contributed by atoms with E-state index >= 15 is 0 Å². The van der Waals surface area contributed by atoms with Crippen LogP contribution in [0.1, 0.15) is 55.0 Å². The zero-order chi connectivity index (χ0) is 25.5. The number of oxazole rings is 1. The van der Waals surface area contributed by atoms with Crippen LogP contribution in [0.15, 0.2) is 40.0 Å². The molecule has 0 aromatic carbocycles. The second kappa shape index (κ2) is 9.26. The summed E-state index contributed by atoms with van der Waals surface area (Å²) in [5, 5.41) is 0.354. The lowest BCUT2D eigenvalue weighted by molar-refractivity contribution is 0.297. The van der Waals surface area contributed by atoms with Gasteiger partial charge in [0.25, 0.3) is 5.56 Å². The van der Waals surface area contributed by atoms with Crippen LogP contribution in [-0.4, -0.2) is 24.5 Å². The van der Waals surface area contributed by atoms with Gasteiger partial charge in [0.2, 0.25) is 0 Å². The number of nitrogens with zero attached hydrogens (tertiary/aromatic N) is 5. The fourth-order valence-electron chi connectivity index (χ4n) is 3.66. The minimum atomic E-state index is -0.231. The summed E-state index contributed by atoms with van der Waals surface area (Å²) in [6.07, 6.45) is 4.88. The topological polar surface area (TPSA) is 95.9 Å². The lowest BCUT2D eigenvalue weighted by atomic mass is 9.95. The van der Waals surface area contributed by atoms with Gasteiger partial charge in [-0.1, -0.05) is 32.4 Å². The largest absolute Gasteiger partial charge is 0.487 e. The summed E-state index contributed by atoms with van der Waals surface area (Å²) >= 11 is 6.54. The summed E-state index contributed by atoms with van der Waals surface area (Å²) in [6, 6.07) is 3.60. The Kier molecular flexibility index (Phi) is 6.51. The molecule has 0 N–H and O–H groups in total. The van der Waals surface area contributed by atoms with Crippen LogP contribution in [0.3, 0.4) is 0 Å². The number of pyridine rings is 2. The third kappa shape index (κ3) is 4.98. The maximum absolute atomic E-state index is 13.4. The molecule has 4 aromatic rings. The molecule has 0 radical (unpaired) electrons. The van der Waals surface area contributed by atoms with Crippen LogP contribution in [0.25, 0.3) is 17.1 Å². The number of aromatic nitrogens is 5. The molecule has 35 heavy (non-hydrogen) atoms. The Morgan fingerprint density at radius 2 is 1.80 bits per heavy atom. The molecule has 4 heterocycles. The molecule has 0 bridgehead atoms. The maximum Gasteiger partial charge on any atom is 0.261 e. The highest BCUT2D eigenvalue weighted by atomic mass is 35.5. The summed E-state index contributed by atoms with van der Waals surface area (Å²) in [5.41, 5.74) is 4.05. The first-order valence-electron chi connectivity index (χ1n) is 11.2. The molecule has 4 rings (SSSR count). The third-order valence-corrected chi connectivity index (χ3v) is 5.88. The van der Waals surface area contributed by atoms with Crippen molar-refractivity contribution in [2.24, 2.45) is 0 Å². The molecular formula is C26H28ClN5O3. The van der Waals surface area contributed by atoms with Crippen molar-refractivity contribution in [1.29, 1.82) is 0 Å². The van der Waals surface area contributed by atoms with E-state index in [0.29, 0.717) is 56.5 Å². The van der Waals surface area contributed by atoms with Gasteiger partial charge in [-0.25, -0.2) is 15.0 Å². The van der Waals surface area contributed by atoms with Crippen molar-refractivity contribution < 1.29 is 9.15 Å². The van der Waals surface area contributed by atoms with Gasteiger partial charge in [0.05, 0.1) is 27.7 Å². The van der Waals surface area contributed by atoms with E-state index < -0.39 is 0 Å². The first kappa shape index (κ1) is 24.6. The average molecular weight is 494 g/mol. The van der Waals surface area contributed by atoms with Crippen molar-refractivity contribution in [1.82, 2.24) is 24.5 Å². The smallest absolute Gasteiger partial charge is 0.261 e. The highest BCUT2D eigenvalue weighted by Gasteiger charge is 2.21. The quantitative estimate of drug-likeness (QED) is 0.365. The molecule has 0 saturated heterocycles. The van der Waals surface area contributed by atoms with Gasteiger partial charge in [0.1, 0.15) is 30.1 Å². The van der Waals surface area contributed by atoms with Gasteiger partial charge in [-0.3, -0.25) is 14.3 Å².